The zero-order valence-electron chi connectivity index (χ0n) is 9.19. The molecule has 0 radical (unpaired) electrons. The highest BCUT2D eigenvalue weighted by molar-refractivity contribution is 5.80. The second kappa shape index (κ2) is 6.86. The molecule has 0 aliphatic carbocycles. The normalized spacial score (nSPS) is 11.6. The highest BCUT2D eigenvalue weighted by Gasteiger charge is 2.16. The lowest BCUT2D eigenvalue weighted by Gasteiger charge is -2.22. The second-order valence-electron chi connectivity index (χ2n) is 3.29. The maximum Gasteiger partial charge on any atom is 0.323 e. The molecule has 0 saturated heterocycles. The summed E-state index contributed by atoms with van der Waals surface area (Å²) in [6.45, 7) is 7.35. The molecule has 0 saturated carbocycles. The third kappa shape index (κ3) is 5.72. The van der Waals surface area contributed by atoms with E-state index in [2.05, 4.69) is 11.9 Å². The minimum Gasteiger partial charge on any atom is -0.480 e. The predicted molar refractivity (Wildman–Crippen MR) is 57.7 cm³/mol. The zero-order valence-corrected chi connectivity index (χ0v) is 9.19. The number of nitrogens with zero attached hydrogens (tertiary/aromatic N) is 1. The number of nitrogens with one attached hydrogen (secondary N) is 1. The molecular formula is C10H18N2O3. The summed E-state index contributed by atoms with van der Waals surface area (Å²) in [5.41, 5.74) is 0. The maximum atomic E-state index is 11.5. The average molecular weight is 214 g/mol. The molecule has 0 aromatic heterocycles. The van der Waals surface area contributed by atoms with E-state index in [-0.39, 0.29) is 18.6 Å². The molecule has 5 nitrogen and oxygen atoms in total. The van der Waals surface area contributed by atoms with Gasteiger partial charge >= 0.3 is 12.0 Å². The molecular weight excluding hydrogens is 196 g/mol. The Bertz CT molecular complexity index is 241. The number of carboxylic acid groups (broad SMARTS) is 1. The van der Waals surface area contributed by atoms with Crippen LogP contribution in [0.4, 0.5) is 4.79 Å². The summed E-state index contributed by atoms with van der Waals surface area (Å²) in [5.74, 6) is -1.01. The largest absolute Gasteiger partial charge is 0.480 e. The summed E-state index contributed by atoms with van der Waals surface area (Å²) < 4.78 is 0. The molecule has 1 unspecified atom stereocenters. The first-order valence-electron chi connectivity index (χ1n) is 4.91. The number of carboxylic acids is 1. The van der Waals surface area contributed by atoms with Gasteiger partial charge in [0.1, 0.15) is 6.54 Å². The molecule has 2 amide bonds. The summed E-state index contributed by atoms with van der Waals surface area (Å²) in [6.07, 6.45) is 2.31. The topological polar surface area (TPSA) is 69.6 Å². The third-order valence-electron chi connectivity index (χ3n) is 1.81. The van der Waals surface area contributed by atoms with Gasteiger partial charge in [0.15, 0.2) is 0 Å². The Morgan fingerprint density at radius 3 is 2.60 bits per heavy atom. The van der Waals surface area contributed by atoms with Crippen molar-refractivity contribution in [2.24, 2.45) is 0 Å². The van der Waals surface area contributed by atoms with E-state index < -0.39 is 5.97 Å². The minimum absolute atomic E-state index is 0.161. The monoisotopic (exact) mass is 214 g/mol. The van der Waals surface area contributed by atoms with Gasteiger partial charge in [0, 0.05) is 12.6 Å². The molecule has 0 bridgehead atoms. The highest BCUT2D eigenvalue weighted by atomic mass is 16.4. The maximum absolute atomic E-state index is 11.5. The molecule has 0 aliphatic heterocycles. The fraction of sp³-hybridized carbons (Fsp3) is 0.600. The van der Waals surface area contributed by atoms with Crippen LogP contribution in [0.2, 0.25) is 0 Å². The van der Waals surface area contributed by atoms with Crippen LogP contribution in [0.5, 0.6) is 0 Å². The Labute approximate surface area is 89.8 Å². The lowest BCUT2D eigenvalue weighted by atomic mass is 10.3. The number of carbonyl (C=O) groups is 2. The van der Waals surface area contributed by atoms with E-state index >= 15 is 0 Å². The van der Waals surface area contributed by atoms with Crippen LogP contribution in [0, 0.1) is 0 Å². The Kier molecular flexibility index (Phi) is 6.17. The zero-order chi connectivity index (χ0) is 11.8. The van der Waals surface area contributed by atoms with Crippen LogP contribution in [-0.2, 0) is 4.79 Å². The van der Waals surface area contributed by atoms with Crippen molar-refractivity contribution in [3.05, 3.63) is 12.7 Å². The van der Waals surface area contributed by atoms with Crippen molar-refractivity contribution in [1.82, 2.24) is 10.2 Å². The van der Waals surface area contributed by atoms with E-state index in [1.165, 1.54) is 4.90 Å². The predicted octanol–water partition coefficient (Wildman–Crippen LogP) is 1.07. The van der Waals surface area contributed by atoms with Crippen LogP contribution >= 0.6 is 0 Å². The van der Waals surface area contributed by atoms with Crippen molar-refractivity contribution in [2.75, 3.05) is 13.1 Å². The number of hydrogen-bond donors (Lipinski definition) is 2. The fourth-order valence-electron chi connectivity index (χ4n) is 1.03. The van der Waals surface area contributed by atoms with E-state index in [1.54, 1.807) is 13.0 Å². The van der Waals surface area contributed by atoms with Gasteiger partial charge in [-0.25, -0.2) is 4.79 Å². The number of aliphatic carboxylic acids is 1. The molecule has 0 aromatic rings. The molecule has 0 fully saturated rings. The van der Waals surface area contributed by atoms with Gasteiger partial charge < -0.3 is 15.3 Å². The van der Waals surface area contributed by atoms with Gasteiger partial charge in [0.2, 0.25) is 0 Å². The van der Waals surface area contributed by atoms with Gasteiger partial charge in [-0.15, -0.1) is 6.58 Å². The van der Waals surface area contributed by atoms with Crippen molar-refractivity contribution in [3.63, 3.8) is 0 Å². The Morgan fingerprint density at radius 1 is 1.60 bits per heavy atom. The molecule has 2 N–H and O–H groups in total. The number of rotatable bonds is 6. The molecule has 0 heterocycles. The lowest BCUT2D eigenvalue weighted by molar-refractivity contribution is -0.137. The molecule has 0 aliphatic rings. The van der Waals surface area contributed by atoms with Crippen molar-refractivity contribution < 1.29 is 14.7 Å². The van der Waals surface area contributed by atoms with Gasteiger partial charge in [-0.2, -0.15) is 0 Å². The van der Waals surface area contributed by atoms with Crippen LogP contribution in [0.25, 0.3) is 0 Å². The summed E-state index contributed by atoms with van der Waals surface area (Å²) in [4.78, 5) is 23.3. The van der Waals surface area contributed by atoms with Crippen molar-refractivity contribution in [1.29, 1.82) is 0 Å². The van der Waals surface area contributed by atoms with Crippen LogP contribution < -0.4 is 5.32 Å². The molecule has 0 rings (SSSR count). The molecule has 0 aromatic carbocycles. The molecule has 1 atom stereocenters. The Hall–Kier alpha value is -1.52. The minimum atomic E-state index is -1.01. The smallest absolute Gasteiger partial charge is 0.323 e. The van der Waals surface area contributed by atoms with Gasteiger partial charge in [-0.1, -0.05) is 13.0 Å². The van der Waals surface area contributed by atoms with E-state index in [4.69, 9.17) is 5.11 Å². The summed E-state index contributed by atoms with van der Waals surface area (Å²) in [7, 11) is 0. The number of carbonyl (C=O) groups excluding carboxylic acids is 1. The van der Waals surface area contributed by atoms with Crippen molar-refractivity contribution in [3.8, 4) is 0 Å². The quantitative estimate of drug-likeness (QED) is 0.650. The number of hydrogen-bond acceptors (Lipinski definition) is 2. The Balaban J connectivity index is 4.27. The first-order valence-corrected chi connectivity index (χ1v) is 4.91. The van der Waals surface area contributed by atoms with Gasteiger partial charge in [0.25, 0.3) is 0 Å². The third-order valence-corrected chi connectivity index (χ3v) is 1.81. The summed E-state index contributed by atoms with van der Waals surface area (Å²) in [6, 6.07) is -0.530. The number of amides is 2. The van der Waals surface area contributed by atoms with Gasteiger partial charge in [0.05, 0.1) is 0 Å². The molecule has 15 heavy (non-hydrogen) atoms. The van der Waals surface area contributed by atoms with Crippen molar-refractivity contribution >= 4 is 12.0 Å². The van der Waals surface area contributed by atoms with Crippen molar-refractivity contribution in [2.45, 2.75) is 26.3 Å². The van der Waals surface area contributed by atoms with Crippen LogP contribution in [0.1, 0.15) is 20.3 Å². The van der Waals surface area contributed by atoms with Crippen LogP contribution in [0.3, 0.4) is 0 Å². The highest BCUT2D eigenvalue weighted by Crippen LogP contribution is 1.94. The lowest BCUT2D eigenvalue weighted by Crippen LogP contribution is -2.45. The van der Waals surface area contributed by atoms with Crippen LogP contribution in [0.15, 0.2) is 12.7 Å². The molecule has 5 heteroatoms. The summed E-state index contributed by atoms with van der Waals surface area (Å²) in [5, 5.41) is 11.2. The summed E-state index contributed by atoms with van der Waals surface area (Å²) >= 11 is 0. The van der Waals surface area contributed by atoms with E-state index in [0.717, 1.165) is 6.42 Å². The average Bonchev–Trinajstić information content (AvgIpc) is 2.16. The SMILES string of the molecule is C=CC(C)NC(=O)N(CCC)CC(=O)O. The molecule has 86 valence electrons. The first-order chi connectivity index (χ1) is 7.01. The van der Waals surface area contributed by atoms with Gasteiger partial charge in [-0.3, -0.25) is 4.79 Å². The molecule has 0 spiro atoms. The second-order valence-corrected chi connectivity index (χ2v) is 3.29. The van der Waals surface area contributed by atoms with Gasteiger partial charge in [-0.05, 0) is 13.3 Å². The van der Waals surface area contributed by atoms with E-state index in [0.29, 0.717) is 6.54 Å². The number of urea groups is 1. The van der Waals surface area contributed by atoms with Crippen LogP contribution in [-0.4, -0.2) is 41.1 Å². The first kappa shape index (κ1) is 13.5. The standard InChI is InChI=1S/C10H18N2O3/c1-4-6-12(7-9(13)14)10(15)11-8(3)5-2/h5,8H,2,4,6-7H2,1,3H3,(H,11,15)(H,13,14). The fourth-order valence-corrected chi connectivity index (χ4v) is 1.03. The van der Waals surface area contributed by atoms with E-state index in [1.807, 2.05) is 6.92 Å². The Morgan fingerprint density at radius 2 is 2.20 bits per heavy atom. The van der Waals surface area contributed by atoms with E-state index in [9.17, 15) is 9.59 Å².